The molecule has 4 aromatic rings. The Hall–Kier alpha value is -3.85. The second kappa shape index (κ2) is 6.89. The van der Waals surface area contributed by atoms with Gasteiger partial charge in [-0.05, 0) is 30.3 Å². The Kier molecular flexibility index (Phi) is 4.18. The number of nitrogens with two attached hydrogens (primary N) is 1. The second-order valence-electron chi connectivity index (χ2n) is 6.73. The standard InChI is InChI=1S/C21H16N4O4S/c22-18-20(26)25(17-14(21(27)28)11-30-19(17)23-18)13-6-7-16-15(10-13)24(8-9-29-16)12-4-2-1-3-5-12/h1-7,10-11H,8-9H2,(H2,22,23)(H,27,28). The maximum Gasteiger partial charge on any atom is 0.338 e. The van der Waals surface area contributed by atoms with Crippen molar-refractivity contribution in [2.75, 3.05) is 23.8 Å². The molecule has 0 aliphatic carbocycles. The Morgan fingerprint density at radius 1 is 1.17 bits per heavy atom. The molecule has 150 valence electrons. The SMILES string of the molecule is Nc1nc2scc(C(=O)O)c2n(-c2ccc3c(c2)N(c2ccccc2)CCO3)c1=O. The monoisotopic (exact) mass is 420 g/mol. The molecule has 0 atom stereocenters. The van der Waals surface area contributed by atoms with Crippen LogP contribution in [0.15, 0.2) is 58.7 Å². The normalized spacial score (nSPS) is 13.1. The van der Waals surface area contributed by atoms with Crippen molar-refractivity contribution in [1.29, 1.82) is 0 Å². The Bertz CT molecular complexity index is 1350. The van der Waals surface area contributed by atoms with Crippen molar-refractivity contribution in [3.63, 3.8) is 0 Å². The molecule has 0 radical (unpaired) electrons. The summed E-state index contributed by atoms with van der Waals surface area (Å²) in [6, 6.07) is 15.2. The number of aromatic nitrogens is 2. The van der Waals surface area contributed by atoms with Crippen LogP contribution in [-0.2, 0) is 0 Å². The van der Waals surface area contributed by atoms with Gasteiger partial charge in [-0.15, -0.1) is 11.3 Å². The van der Waals surface area contributed by atoms with Gasteiger partial charge < -0.3 is 20.5 Å². The summed E-state index contributed by atoms with van der Waals surface area (Å²) in [4.78, 5) is 31.2. The lowest BCUT2D eigenvalue weighted by molar-refractivity contribution is 0.0699. The van der Waals surface area contributed by atoms with Gasteiger partial charge in [-0.1, -0.05) is 18.2 Å². The number of anilines is 3. The molecule has 1 aliphatic heterocycles. The maximum atomic E-state index is 12.9. The number of fused-ring (bicyclic) bond motifs is 2. The number of para-hydroxylation sites is 1. The van der Waals surface area contributed by atoms with E-state index in [1.54, 1.807) is 12.1 Å². The Balaban J connectivity index is 1.76. The predicted octanol–water partition coefficient (Wildman–Crippen LogP) is 3.26. The van der Waals surface area contributed by atoms with Crippen LogP contribution in [0.5, 0.6) is 5.75 Å². The summed E-state index contributed by atoms with van der Waals surface area (Å²) in [6.45, 7) is 1.17. The molecule has 0 spiro atoms. The van der Waals surface area contributed by atoms with Crippen molar-refractivity contribution in [2.24, 2.45) is 0 Å². The average Bonchev–Trinajstić information content (AvgIpc) is 3.18. The zero-order chi connectivity index (χ0) is 20.8. The lowest BCUT2D eigenvalue weighted by atomic mass is 10.1. The second-order valence-corrected chi connectivity index (χ2v) is 7.59. The average molecular weight is 420 g/mol. The lowest BCUT2D eigenvalue weighted by Crippen LogP contribution is -2.29. The van der Waals surface area contributed by atoms with Crippen molar-refractivity contribution in [3.05, 3.63) is 69.8 Å². The highest BCUT2D eigenvalue weighted by Crippen LogP contribution is 2.38. The number of carboxylic acids is 1. The number of carbonyl (C=O) groups is 1. The maximum absolute atomic E-state index is 12.9. The molecule has 1 aliphatic rings. The van der Waals surface area contributed by atoms with Crippen LogP contribution in [0.1, 0.15) is 10.4 Å². The van der Waals surface area contributed by atoms with Crippen LogP contribution in [0.4, 0.5) is 17.2 Å². The number of benzene rings is 2. The molecule has 2 aromatic heterocycles. The van der Waals surface area contributed by atoms with E-state index in [4.69, 9.17) is 10.5 Å². The Labute approximate surface area is 174 Å². The van der Waals surface area contributed by atoms with Crippen LogP contribution in [0.3, 0.4) is 0 Å². The van der Waals surface area contributed by atoms with Gasteiger partial charge in [0.1, 0.15) is 22.7 Å². The molecule has 0 unspecified atom stereocenters. The van der Waals surface area contributed by atoms with E-state index in [-0.39, 0.29) is 16.9 Å². The summed E-state index contributed by atoms with van der Waals surface area (Å²) in [6.07, 6.45) is 0. The molecule has 30 heavy (non-hydrogen) atoms. The minimum Gasteiger partial charge on any atom is -0.490 e. The minimum absolute atomic E-state index is 0.00786. The highest BCUT2D eigenvalue weighted by molar-refractivity contribution is 7.17. The van der Waals surface area contributed by atoms with Gasteiger partial charge in [-0.2, -0.15) is 0 Å². The fraction of sp³-hybridized carbons (Fsp3) is 0.0952. The van der Waals surface area contributed by atoms with Gasteiger partial charge in [0.2, 0.25) is 0 Å². The molecule has 0 saturated heterocycles. The van der Waals surface area contributed by atoms with Crippen LogP contribution < -0.4 is 20.9 Å². The van der Waals surface area contributed by atoms with Crippen molar-refractivity contribution in [1.82, 2.24) is 9.55 Å². The molecule has 3 N–H and O–H groups in total. The van der Waals surface area contributed by atoms with Crippen molar-refractivity contribution < 1.29 is 14.6 Å². The van der Waals surface area contributed by atoms with Crippen molar-refractivity contribution in [3.8, 4) is 11.4 Å². The summed E-state index contributed by atoms with van der Waals surface area (Å²) in [5.41, 5.74) is 7.79. The Morgan fingerprint density at radius 3 is 2.73 bits per heavy atom. The highest BCUT2D eigenvalue weighted by atomic mass is 32.1. The third kappa shape index (κ3) is 2.79. The number of aromatic carboxylic acids is 1. The van der Waals surface area contributed by atoms with Gasteiger partial charge in [0, 0.05) is 11.1 Å². The summed E-state index contributed by atoms with van der Waals surface area (Å²) >= 11 is 1.13. The highest BCUT2D eigenvalue weighted by Gasteiger charge is 2.23. The topological polar surface area (TPSA) is 111 Å². The summed E-state index contributed by atoms with van der Waals surface area (Å²) in [5.74, 6) is -0.632. The molecule has 3 heterocycles. The number of thiophene rings is 1. The van der Waals surface area contributed by atoms with E-state index in [0.717, 1.165) is 22.7 Å². The van der Waals surface area contributed by atoms with Crippen LogP contribution in [-0.4, -0.2) is 33.8 Å². The van der Waals surface area contributed by atoms with E-state index in [1.807, 2.05) is 36.4 Å². The van der Waals surface area contributed by atoms with E-state index >= 15 is 0 Å². The van der Waals surface area contributed by atoms with Crippen molar-refractivity contribution in [2.45, 2.75) is 0 Å². The Morgan fingerprint density at radius 2 is 1.97 bits per heavy atom. The molecule has 5 rings (SSSR count). The number of nitrogens with zero attached hydrogens (tertiary/aromatic N) is 3. The third-order valence-electron chi connectivity index (χ3n) is 4.98. The fourth-order valence-electron chi connectivity index (χ4n) is 3.63. The minimum atomic E-state index is -1.13. The van der Waals surface area contributed by atoms with Crippen LogP contribution >= 0.6 is 11.3 Å². The van der Waals surface area contributed by atoms with E-state index in [2.05, 4.69) is 9.88 Å². The molecule has 0 bridgehead atoms. The van der Waals surface area contributed by atoms with Gasteiger partial charge in [-0.25, -0.2) is 9.78 Å². The molecular weight excluding hydrogens is 404 g/mol. The summed E-state index contributed by atoms with van der Waals surface area (Å²) in [5, 5.41) is 11.1. The van der Waals surface area contributed by atoms with Gasteiger partial charge in [0.25, 0.3) is 5.56 Å². The molecule has 0 fully saturated rings. The number of hydrogen-bond donors (Lipinski definition) is 2. The number of nitrogen functional groups attached to an aromatic ring is 1. The van der Waals surface area contributed by atoms with Crippen LogP contribution in [0.25, 0.3) is 16.0 Å². The predicted molar refractivity (Wildman–Crippen MR) is 116 cm³/mol. The zero-order valence-electron chi connectivity index (χ0n) is 15.6. The van der Waals surface area contributed by atoms with Crippen LogP contribution in [0, 0.1) is 0 Å². The largest absolute Gasteiger partial charge is 0.490 e. The molecule has 8 nitrogen and oxygen atoms in total. The van der Waals surface area contributed by atoms with Gasteiger partial charge >= 0.3 is 5.97 Å². The first-order valence-electron chi connectivity index (χ1n) is 9.17. The van der Waals surface area contributed by atoms with E-state index in [9.17, 15) is 14.7 Å². The smallest absolute Gasteiger partial charge is 0.338 e. The number of hydrogen-bond acceptors (Lipinski definition) is 7. The van der Waals surface area contributed by atoms with Crippen molar-refractivity contribution >= 4 is 44.8 Å². The van der Waals surface area contributed by atoms with Crippen LogP contribution in [0.2, 0.25) is 0 Å². The first-order valence-corrected chi connectivity index (χ1v) is 10.1. The molecule has 0 amide bonds. The number of carboxylic acid groups (broad SMARTS) is 1. The lowest BCUT2D eigenvalue weighted by Gasteiger charge is -2.31. The fourth-order valence-corrected chi connectivity index (χ4v) is 4.54. The number of rotatable bonds is 3. The molecule has 0 saturated carbocycles. The van der Waals surface area contributed by atoms with Gasteiger partial charge in [0.05, 0.1) is 23.5 Å². The first-order chi connectivity index (χ1) is 14.5. The third-order valence-corrected chi connectivity index (χ3v) is 5.84. The molecular formula is C21H16N4O4S. The zero-order valence-corrected chi connectivity index (χ0v) is 16.4. The van der Waals surface area contributed by atoms with Gasteiger partial charge in [0.15, 0.2) is 5.82 Å². The number of ether oxygens (including phenoxy) is 1. The molecule has 2 aromatic carbocycles. The summed E-state index contributed by atoms with van der Waals surface area (Å²) < 4.78 is 7.11. The van der Waals surface area contributed by atoms with E-state index < -0.39 is 11.5 Å². The van der Waals surface area contributed by atoms with Gasteiger partial charge in [-0.3, -0.25) is 9.36 Å². The quantitative estimate of drug-likeness (QED) is 0.523. The van der Waals surface area contributed by atoms with E-state index in [1.165, 1.54) is 9.95 Å². The first kappa shape index (κ1) is 18.2. The molecule has 9 heteroatoms. The van der Waals surface area contributed by atoms with E-state index in [0.29, 0.717) is 29.4 Å². The summed E-state index contributed by atoms with van der Waals surface area (Å²) in [7, 11) is 0.